The normalized spacial score (nSPS) is 18.3. The molecular formula is C24H25F5N4O. The van der Waals surface area contributed by atoms with Crippen molar-refractivity contribution in [2.24, 2.45) is 0 Å². The van der Waals surface area contributed by atoms with Crippen molar-refractivity contribution < 1.29 is 26.7 Å². The maximum atomic E-state index is 13.3. The summed E-state index contributed by atoms with van der Waals surface area (Å²) in [5.41, 5.74) is 0.162. The van der Waals surface area contributed by atoms with Crippen LogP contribution in [0.15, 0.2) is 36.4 Å². The zero-order valence-electron chi connectivity index (χ0n) is 18.5. The molecule has 0 aromatic heterocycles. The van der Waals surface area contributed by atoms with E-state index in [2.05, 4.69) is 16.0 Å². The Labute approximate surface area is 194 Å². The molecule has 1 fully saturated rings. The van der Waals surface area contributed by atoms with Gasteiger partial charge in [0.15, 0.2) is 0 Å². The first kappa shape index (κ1) is 25.3. The van der Waals surface area contributed by atoms with E-state index in [1.54, 1.807) is 36.4 Å². The molecular weight excluding hydrogens is 455 g/mol. The average molecular weight is 480 g/mol. The van der Waals surface area contributed by atoms with Gasteiger partial charge >= 0.3 is 6.18 Å². The third-order valence-electron chi connectivity index (χ3n) is 5.79. The third kappa shape index (κ3) is 6.59. The second kappa shape index (κ2) is 10.7. The molecule has 3 rings (SSSR count). The molecule has 0 bridgehead atoms. The van der Waals surface area contributed by atoms with Crippen LogP contribution >= 0.6 is 0 Å². The Morgan fingerprint density at radius 1 is 1.06 bits per heavy atom. The molecule has 0 atom stereocenters. The minimum Gasteiger partial charge on any atom is -0.382 e. The van der Waals surface area contributed by atoms with Gasteiger partial charge in [-0.15, -0.1) is 0 Å². The fraction of sp³-hybridized carbons (Fsp3) is 0.417. The Bertz CT molecular complexity index is 1040. The molecule has 0 saturated heterocycles. The van der Waals surface area contributed by atoms with Crippen molar-refractivity contribution in [1.29, 1.82) is 5.26 Å². The SMILES string of the molecule is Cc1cc(N[C@H]2CC[C@@H](NC(=O)c3ccc(NCC(F)F)cc3)CC2)cc(C(F)(F)F)c1C#N. The molecule has 182 valence electrons. The van der Waals surface area contributed by atoms with E-state index in [4.69, 9.17) is 5.26 Å². The lowest BCUT2D eigenvalue weighted by Gasteiger charge is -2.30. The number of halogens is 5. The molecule has 0 unspecified atom stereocenters. The van der Waals surface area contributed by atoms with E-state index in [0.29, 0.717) is 42.6 Å². The Balaban J connectivity index is 1.53. The zero-order valence-corrected chi connectivity index (χ0v) is 18.5. The van der Waals surface area contributed by atoms with Crippen molar-refractivity contribution >= 4 is 17.3 Å². The zero-order chi connectivity index (χ0) is 24.9. The van der Waals surface area contributed by atoms with Crippen molar-refractivity contribution in [3.8, 4) is 6.07 Å². The predicted molar refractivity (Wildman–Crippen MR) is 119 cm³/mol. The number of hydrogen-bond acceptors (Lipinski definition) is 4. The number of rotatable bonds is 7. The fourth-order valence-electron chi connectivity index (χ4n) is 4.06. The van der Waals surface area contributed by atoms with E-state index >= 15 is 0 Å². The number of nitriles is 1. The van der Waals surface area contributed by atoms with Gasteiger partial charge in [0, 0.05) is 29.0 Å². The summed E-state index contributed by atoms with van der Waals surface area (Å²) in [6.07, 6.45) is -4.48. The Morgan fingerprint density at radius 3 is 2.24 bits per heavy atom. The molecule has 3 N–H and O–H groups in total. The highest BCUT2D eigenvalue weighted by Gasteiger charge is 2.35. The highest BCUT2D eigenvalue weighted by atomic mass is 19.4. The third-order valence-corrected chi connectivity index (χ3v) is 5.79. The van der Waals surface area contributed by atoms with Gasteiger partial charge in [0.05, 0.1) is 17.7 Å². The monoisotopic (exact) mass is 480 g/mol. The van der Waals surface area contributed by atoms with Crippen LogP contribution < -0.4 is 16.0 Å². The summed E-state index contributed by atoms with van der Waals surface area (Å²) in [6, 6.07) is 10.3. The van der Waals surface area contributed by atoms with Crippen LogP contribution in [0.2, 0.25) is 0 Å². The van der Waals surface area contributed by atoms with Gasteiger partial charge in [-0.25, -0.2) is 8.78 Å². The first-order valence-corrected chi connectivity index (χ1v) is 10.9. The van der Waals surface area contributed by atoms with Gasteiger partial charge in [0.2, 0.25) is 0 Å². The minimum absolute atomic E-state index is 0.0539. The Morgan fingerprint density at radius 2 is 1.68 bits per heavy atom. The molecule has 1 aliphatic carbocycles. The second-order valence-electron chi connectivity index (χ2n) is 8.34. The van der Waals surface area contributed by atoms with Gasteiger partial charge in [0.1, 0.15) is 6.07 Å². The summed E-state index contributed by atoms with van der Waals surface area (Å²) < 4.78 is 64.5. The van der Waals surface area contributed by atoms with Gasteiger partial charge in [-0.2, -0.15) is 18.4 Å². The van der Waals surface area contributed by atoms with Gasteiger partial charge < -0.3 is 16.0 Å². The van der Waals surface area contributed by atoms with Crippen LogP contribution in [0.25, 0.3) is 0 Å². The summed E-state index contributed by atoms with van der Waals surface area (Å²) in [5, 5.41) is 17.7. The standard InChI is InChI=1S/C24H25F5N4O/c1-14-10-19(11-21(20(14)12-30)24(27,28)29)32-17-6-8-18(9-7-17)33-23(34)15-2-4-16(5-3-15)31-13-22(25)26/h2-5,10-11,17-18,22,31-32H,6-9,13H2,1H3,(H,33,34)/t17-,18+. The van der Waals surface area contributed by atoms with Crippen LogP contribution in [0.5, 0.6) is 0 Å². The topological polar surface area (TPSA) is 76.9 Å². The van der Waals surface area contributed by atoms with E-state index < -0.39 is 24.7 Å². The number of amides is 1. The molecule has 0 heterocycles. The Kier molecular flexibility index (Phi) is 7.97. The van der Waals surface area contributed by atoms with Gasteiger partial charge in [-0.05, 0) is 74.6 Å². The van der Waals surface area contributed by atoms with Crippen molar-refractivity contribution in [3.05, 3.63) is 58.7 Å². The van der Waals surface area contributed by atoms with Crippen molar-refractivity contribution in [1.82, 2.24) is 5.32 Å². The molecule has 2 aromatic rings. The molecule has 34 heavy (non-hydrogen) atoms. The molecule has 0 radical (unpaired) electrons. The number of nitrogens with zero attached hydrogens (tertiary/aromatic N) is 1. The quantitative estimate of drug-likeness (QED) is 0.444. The number of hydrogen-bond donors (Lipinski definition) is 3. The summed E-state index contributed by atoms with van der Waals surface area (Å²) in [4.78, 5) is 12.5. The molecule has 1 amide bonds. The first-order valence-electron chi connectivity index (χ1n) is 10.9. The van der Waals surface area contributed by atoms with Crippen LogP contribution in [0, 0.1) is 18.3 Å². The maximum absolute atomic E-state index is 13.3. The lowest BCUT2D eigenvalue weighted by atomic mass is 9.90. The van der Waals surface area contributed by atoms with Crippen LogP contribution in [0.4, 0.5) is 33.3 Å². The number of anilines is 2. The highest BCUT2D eigenvalue weighted by molar-refractivity contribution is 5.94. The van der Waals surface area contributed by atoms with Gasteiger partial charge in [0.25, 0.3) is 12.3 Å². The number of carbonyl (C=O) groups is 1. The van der Waals surface area contributed by atoms with E-state index in [9.17, 15) is 26.7 Å². The molecule has 5 nitrogen and oxygen atoms in total. The number of carbonyl (C=O) groups excluding carboxylic acids is 1. The summed E-state index contributed by atoms with van der Waals surface area (Å²) in [7, 11) is 0. The van der Waals surface area contributed by atoms with E-state index in [1.165, 1.54) is 6.92 Å². The minimum atomic E-state index is -4.62. The molecule has 2 aromatic carbocycles. The Hall–Kier alpha value is -3.35. The van der Waals surface area contributed by atoms with Crippen molar-refractivity contribution in [2.75, 3.05) is 17.2 Å². The second-order valence-corrected chi connectivity index (χ2v) is 8.34. The highest BCUT2D eigenvalue weighted by Crippen LogP contribution is 2.36. The molecule has 1 saturated carbocycles. The number of aryl methyl sites for hydroxylation is 1. The number of benzene rings is 2. The smallest absolute Gasteiger partial charge is 0.382 e. The summed E-state index contributed by atoms with van der Waals surface area (Å²) in [5.74, 6) is -0.269. The average Bonchev–Trinajstić information content (AvgIpc) is 2.78. The molecule has 10 heteroatoms. The van der Waals surface area contributed by atoms with Crippen LogP contribution in [-0.2, 0) is 6.18 Å². The predicted octanol–water partition coefficient (Wildman–Crippen LogP) is 5.72. The first-order chi connectivity index (χ1) is 16.1. The van der Waals surface area contributed by atoms with Crippen LogP contribution in [0.1, 0.15) is 52.7 Å². The van der Waals surface area contributed by atoms with Gasteiger partial charge in [-0.3, -0.25) is 4.79 Å². The van der Waals surface area contributed by atoms with Gasteiger partial charge in [-0.1, -0.05) is 0 Å². The van der Waals surface area contributed by atoms with E-state index in [0.717, 1.165) is 6.07 Å². The van der Waals surface area contributed by atoms with E-state index in [-0.39, 0.29) is 29.1 Å². The van der Waals surface area contributed by atoms with E-state index in [1.807, 2.05) is 0 Å². The van der Waals surface area contributed by atoms with Crippen molar-refractivity contribution in [3.63, 3.8) is 0 Å². The lowest BCUT2D eigenvalue weighted by molar-refractivity contribution is -0.137. The largest absolute Gasteiger partial charge is 0.417 e. The van der Waals surface area contributed by atoms with Crippen molar-refractivity contribution in [2.45, 2.75) is 57.3 Å². The summed E-state index contributed by atoms with van der Waals surface area (Å²) in [6.45, 7) is 1.01. The summed E-state index contributed by atoms with van der Waals surface area (Å²) >= 11 is 0. The molecule has 0 spiro atoms. The fourth-order valence-corrected chi connectivity index (χ4v) is 4.06. The molecule has 0 aliphatic heterocycles. The molecule has 1 aliphatic rings. The maximum Gasteiger partial charge on any atom is 0.417 e. The lowest BCUT2D eigenvalue weighted by Crippen LogP contribution is -2.40. The number of alkyl halides is 5. The van der Waals surface area contributed by atoms with Crippen LogP contribution in [0.3, 0.4) is 0 Å². The van der Waals surface area contributed by atoms with Crippen LogP contribution in [-0.4, -0.2) is 31.0 Å². The number of nitrogens with one attached hydrogen (secondary N) is 3.